The molecule has 7 nitrogen and oxygen atoms in total. The highest BCUT2D eigenvalue weighted by Gasteiger charge is 2.24. The number of para-hydroxylation sites is 1. The molecule has 2 N–H and O–H groups in total. The van der Waals surface area contributed by atoms with Gasteiger partial charge < -0.3 is 5.32 Å². The number of carbonyl (C=O) groups excluding carboxylic acids is 1. The van der Waals surface area contributed by atoms with E-state index in [9.17, 15) is 13.2 Å². The van der Waals surface area contributed by atoms with E-state index in [2.05, 4.69) is 15.0 Å². The molecule has 8 heteroatoms. The molecule has 1 amide bonds. The van der Waals surface area contributed by atoms with Crippen molar-refractivity contribution < 1.29 is 13.2 Å². The molecule has 0 saturated carbocycles. The Morgan fingerprint density at radius 2 is 1.84 bits per heavy atom. The number of aliphatic imine (C=N–C) groups is 1. The van der Waals surface area contributed by atoms with Crippen molar-refractivity contribution in [3.63, 3.8) is 0 Å². The highest BCUT2D eigenvalue weighted by molar-refractivity contribution is 7.90. The molecule has 0 fully saturated rings. The highest BCUT2D eigenvalue weighted by Crippen LogP contribution is 2.30. The summed E-state index contributed by atoms with van der Waals surface area (Å²) < 4.78 is 28.0. The number of hydrogen-bond donors (Lipinski definition) is 2. The van der Waals surface area contributed by atoms with Gasteiger partial charge >= 0.3 is 0 Å². The third kappa shape index (κ3) is 3.79. The molecule has 1 aliphatic carbocycles. The number of benzene rings is 2. The van der Waals surface area contributed by atoms with E-state index in [1.165, 1.54) is 12.1 Å². The number of hydrogen-bond acceptors (Lipinski definition) is 5. The molecule has 5 rings (SSSR count). The summed E-state index contributed by atoms with van der Waals surface area (Å²) in [7, 11) is -3.75. The Balaban J connectivity index is 1.47. The monoisotopic (exact) mass is 434 g/mol. The average Bonchev–Trinajstić information content (AvgIpc) is 3.43. The molecule has 0 unspecified atom stereocenters. The fourth-order valence-electron chi connectivity index (χ4n) is 4.24. The van der Waals surface area contributed by atoms with Crippen LogP contribution >= 0.6 is 0 Å². The van der Waals surface area contributed by atoms with Gasteiger partial charge in [-0.05, 0) is 55.5 Å². The van der Waals surface area contributed by atoms with Crippen LogP contribution in [0.2, 0.25) is 0 Å². The Morgan fingerprint density at radius 3 is 2.68 bits per heavy atom. The number of amidine groups is 1. The van der Waals surface area contributed by atoms with E-state index in [1.54, 1.807) is 12.1 Å². The zero-order chi connectivity index (χ0) is 21.4. The summed E-state index contributed by atoms with van der Waals surface area (Å²) in [6.07, 6.45) is 4.12. The van der Waals surface area contributed by atoms with Crippen molar-refractivity contribution in [2.24, 2.45) is 4.99 Å². The van der Waals surface area contributed by atoms with Crippen LogP contribution in [0, 0.1) is 0 Å². The summed E-state index contributed by atoms with van der Waals surface area (Å²) in [6, 6.07) is 13.9. The SMILES string of the molecule is O=C(Nc1cccc(S(=O)(=O)NC2=NCCC2)c1)c1c2c(nc3ccccc13)CCC2. The molecule has 2 aliphatic rings. The standard InChI is InChI=1S/C23H22N4O3S/c28-23(22-17-8-1-2-10-19(17)26-20-11-4-9-18(20)22)25-15-6-3-7-16(14-15)31(29,30)27-21-12-5-13-24-21/h1-3,6-8,10,14H,4-5,9,11-13H2,(H,24,27)(H,25,28). The fraction of sp³-hybridized carbons (Fsp3) is 0.261. The lowest BCUT2D eigenvalue weighted by Crippen LogP contribution is -2.29. The normalized spacial score (nSPS) is 15.5. The van der Waals surface area contributed by atoms with Crippen LogP contribution in [0.5, 0.6) is 0 Å². The van der Waals surface area contributed by atoms with Crippen LogP contribution in [-0.4, -0.2) is 31.7 Å². The van der Waals surface area contributed by atoms with Gasteiger partial charge in [-0.1, -0.05) is 24.3 Å². The minimum atomic E-state index is -3.75. The maximum Gasteiger partial charge on any atom is 0.262 e. The molecule has 3 aromatic rings. The van der Waals surface area contributed by atoms with Crippen molar-refractivity contribution in [2.75, 3.05) is 11.9 Å². The molecule has 2 aromatic carbocycles. The van der Waals surface area contributed by atoms with Crippen LogP contribution in [0.1, 0.15) is 40.9 Å². The van der Waals surface area contributed by atoms with E-state index in [4.69, 9.17) is 4.98 Å². The third-order valence-electron chi connectivity index (χ3n) is 5.68. The van der Waals surface area contributed by atoms with Gasteiger partial charge in [-0.2, -0.15) is 0 Å². The second-order valence-electron chi connectivity index (χ2n) is 7.80. The number of sulfonamides is 1. The number of amides is 1. The second kappa shape index (κ2) is 7.77. The van der Waals surface area contributed by atoms with Gasteiger partial charge in [0.15, 0.2) is 0 Å². The van der Waals surface area contributed by atoms with Crippen LogP contribution < -0.4 is 10.0 Å². The van der Waals surface area contributed by atoms with Crippen LogP contribution in [-0.2, 0) is 22.9 Å². The molecule has 2 heterocycles. The van der Waals surface area contributed by atoms with Crippen LogP contribution in [0.3, 0.4) is 0 Å². The Kier molecular flexibility index (Phi) is 4.94. The minimum absolute atomic E-state index is 0.0877. The smallest absolute Gasteiger partial charge is 0.262 e. The van der Waals surface area contributed by atoms with Crippen LogP contribution in [0.15, 0.2) is 58.4 Å². The predicted molar refractivity (Wildman–Crippen MR) is 120 cm³/mol. The molecule has 0 bridgehead atoms. The number of fused-ring (bicyclic) bond motifs is 2. The first kappa shape index (κ1) is 19.7. The molecule has 0 saturated heterocycles. The first-order valence-electron chi connectivity index (χ1n) is 10.4. The summed E-state index contributed by atoms with van der Waals surface area (Å²) in [4.78, 5) is 22.3. The van der Waals surface area contributed by atoms with E-state index in [1.807, 2.05) is 24.3 Å². The van der Waals surface area contributed by atoms with Crippen molar-refractivity contribution in [1.29, 1.82) is 0 Å². The largest absolute Gasteiger partial charge is 0.322 e. The van der Waals surface area contributed by atoms with Gasteiger partial charge in [0.05, 0.1) is 16.0 Å². The average molecular weight is 435 g/mol. The summed E-state index contributed by atoms with van der Waals surface area (Å²) in [5, 5.41) is 3.71. The third-order valence-corrected chi connectivity index (χ3v) is 7.05. The zero-order valence-electron chi connectivity index (χ0n) is 16.9. The van der Waals surface area contributed by atoms with Crippen molar-refractivity contribution in [2.45, 2.75) is 37.0 Å². The molecule has 0 spiro atoms. The van der Waals surface area contributed by atoms with Gasteiger partial charge in [0.1, 0.15) is 5.84 Å². The quantitative estimate of drug-likeness (QED) is 0.657. The Hall–Kier alpha value is -3.26. The van der Waals surface area contributed by atoms with E-state index < -0.39 is 10.0 Å². The molecule has 0 radical (unpaired) electrons. The number of aromatic nitrogens is 1. The van der Waals surface area contributed by atoms with Gasteiger partial charge in [0.2, 0.25) is 0 Å². The Labute approximate surface area is 180 Å². The maximum atomic E-state index is 13.3. The number of aryl methyl sites for hydroxylation is 1. The van der Waals surface area contributed by atoms with Gasteiger partial charge in [0.25, 0.3) is 15.9 Å². The zero-order valence-corrected chi connectivity index (χ0v) is 17.7. The second-order valence-corrected chi connectivity index (χ2v) is 9.48. The van der Waals surface area contributed by atoms with Crippen LogP contribution in [0.25, 0.3) is 10.9 Å². The van der Waals surface area contributed by atoms with Crippen molar-refractivity contribution in [3.8, 4) is 0 Å². The molecule has 158 valence electrons. The van der Waals surface area contributed by atoms with E-state index in [-0.39, 0.29) is 10.8 Å². The highest BCUT2D eigenvalue weighted by atomic mass is 32.2. The number of anilines is 1. The van der Waals surface area contributed by atoms with Crippen molar-refractivity contribution >= 4 is 38.4 Å². The first-order valence-corrected chi connectivity index (χ1v) is 11.9. The number of nitrogens with one attached hydrogen (secondary N) is 2. The van der Waals surface area contributed by atoms with Gasteiger partial charge in [-0.3, -0.25) is 19.5 Å². The van der Waals surface area contributed by atoms with E-state index in [0.29, 0.717) is 30.1 Å². The molecule has 1 aromatic heterocycles. The van der Waals surface area contributed by atoms with Crippen molar-refractivity contribution in [1.82, 2.24) is 9.71 Å². The van der Waals surface area contributed by atoms with Gasteiger partial charge in [-0.25, -0.2) is 8.42 Å². The molecule has 1 aliphatic heterocycles. The molecular formula is C23H22N4O3S. The number of nitrogens with zero attached hydrogens (tertiary/aromatic N) is 2. The topological polar surface area (TPSA) is 101 Å². The lowest BCUT2D eigenvalue weighted by atomic mass is 10.0. The fourth-order valence-corrected chi connectivity index (χ4v) is 5.38. The van der Waals surface area contributed by atoms with E-state index >= 15 is 0 Å². The predicted octanol–water partition coefficient (Wildman–Crippen LogP) is 3.45. The van der Waals surface area contributed by atoms with Crippen molar-refractivity contribution in [3.05, 3.63) is 65.4 Å². The van der Waals surface area contributed by atoms with Gasteiger partial charge in [0, 0.05) is 29.7 Å². The Bertz CT molecular complexity index is 1330. The number of rotatable bonds is 4. The summed E-state index contributed by atoms with van der Waals surface area (Å²) in [5.41, 5.74) is 3.81. The number of carbonyl (C=O) groups is 1. The minimum Gasteiger partial charge on any atom is -0.322 e. The number of pyridine rings is 1. The molecule has 0 atom stereocenters. The maximum absolute atomic E-state index is 13.3. The summed E-state index contributed by atoms with van der Waals surface area (Å²) in [6.45, 7) is 0.637. The first-order chi connectivity index (χ1) is 15.0. The Morgan fingerprint density at radius 1 is 0.968 bits per heavy atom. The summed E-state index contributed by atoms with van der Waals surface area (Å²) in [5.74, 6) is 0.229. The summed E-state index contributed by atoms with van der Waals surface area (Å²) >= 11 is 0. The van der Waals surface area contributed by atoms with E-state index in [0.717, 1.165) is 47.8 Å². The van der Waals surface area contributed by atoms with Crippen LogP contribution in [0.4, 0.5) is 5.69 Å². The lowest BCUT2D eigenvalue weighted by Gasteiger charge is -2.14. The molecule has 31 heavy (non-hydrogen) atoms. The molecular weight excluding hydrogens is 412 g/mol. The van der Waals surface area contributed by atoms with Gasteiger partial charge in [-0.15, -0.1) is 0 Å². The lowest BCUT2D eigenvalue weighted by molar-refractivity contribution is 0.102.